The molecule has 0 nitrogen and oxygen atoms in total. The third kappa shape index (κ3) is 1.81. The Morgan fingerprint density at radius 3 is 2.33 bits per heavy atom. The second-order valence-corrected chi connectivity index (χ2v) is 5.94. The lowest BCUT2D eigenvalue weighted by Crippen LogP contribution is -2.28. The van der Waals surface area contributed by atoms with Gasteiger partial charge in [-0.3, -0.25) is 0 Å². The van der Waals surface area contributed by atoms with Crippen molar-refractivity contribution in [2.45, 2.75) is 20.8 Å². The molecule has 1 fully saturated rings. The Labute approximate surface area is 65.6 Å². The fraction of sp³-hybridized carbons (Fsp3) is 1.00. The maximum absolute atomic E-state index is 2.37. The maximum atomic E-state index is 2.37. The maximum Gasteiger partial charge on any atom is 0.00911 e. The zero-order valence-corrected chi connectivity index (χ0v) is 7.94. The summed E-state index contributed by atoms with van der Waals surface area (Å²) in [6.45, 7) is 7.08. The SMILES string of the molecule is CC1CSSCC1(C)C. The van der Waals surface area contributed by atoms with E-state index < -0.39 is 0 Å². The van der Waals surface area contributed by atoms with Crippen molar-refractivity contribution in [3.63, 3.8) is 0 Å². The summed E-state index contributed by atoms with van der Waals surface area (Å²) in [5, 5.41) is 0. The molecule has 0 aliphatic carbocycles. The Kier molecular flexibility index (Phi) is 2.38. The molecule has 0 saturated carbocycles. The summed E-state index contributed by atoms with van der Waals surface area (Å²) in [5.74, 6) is 3.54. The molecule has 0 aromatic rings. The van der Waals surface area contributed by atoms with Gasteiger partial charge in [0.2, 0.25) is 0 Å². The molecule has 0 spiro atoms. The van der Waals surface area contributed by atoms with Crippen LogP contribution in [-0.2, 0) is 0 Å². The summed E-state index contributed by atoms with van der Waals surface area (Å²) in [7, 11) is 4.04. The van der Waals surface area contributed by atoms with Crippen molar-refractivity contribution in [1.29, 1.82) is 0 Å². The molecule has 0 radical (unpaired) electrons. The number of hydrogen-bond acceptors (Lipinski definition) is 2. The first-order valence-corrected chi connectivity index (χ1v) is 5.86. The second kappa shape index (κ2) is 2.75. The Bertz CT molecular complexity index is 99.1. The van der Waals surface area contributed by atoms with Gasteiger partial charge in [0.1, 0.15) is 0 Å². The minimum absolute atomic E-state index is 0.579. The fourth-order valence-electron chi connectivity index (χ4n) is 0.712. The van der Waals surface area contributed by atoms with Crippen molar-refractivity contribution in [2.24, 2.45) is 11.3 Å². The molecule has 1 aliphatic rings. The summed E-state index contributed by atoms with van der Waals surface area (Å²) in [5.41, 5.74) is 0.579. The van der Waals surface area contributed by atoms with Crippen molar-refractivity contribution < 1.29 is 0 Å². The van der Waals surface area contributed by atoms with Crippen LogP contribution >= 0.6 is 21.6 Å². The molecule has 0 amide bonds. The highest BCUT2D eigenvalue weighted by atomic mass is 33.1. The van der Waals surface area contributed by atoms with E-state index in [1.54, 1.807) is 0 Å². The summed E-state index contributed by atoms with van der Waals surface area (Å²) < 4.78 is 0. The molecule has 2 heteroatoms. The summed E-state index contributed by atoms with van der Waals surface area (Å²) in [6.07, 6.45) is 0. The van der Waals surface area contributed by atoms with Crippen LogP contribution < -0.4 is 0 Å². The minimum atomic E-state index is 0.579. The normalized spacial score (nSPS) is 34.3. The van der Waals surface area contributed by atoms with E-state index in [4.69, 9.17) is 0 Å². The number of hydrogen-bond donors (Lipinski definition) is 0. The largest absolute Gasteiger partial charge is 0.0938 e. The van der Waals surface area contributed by atoms with Crippen LogP contribution in [0.3, 0.4) is 0 Å². The van der Waals surface area contributed by atoms with Crippen LogP contribution in [-0.4, -0.2) is 11.5 Å². The van der Waals surface area contributed by atoms with Crippen molar-refractivity contribution >= 4 is 21.6 Å². The zero-order valence-electron chi connectivity index (χ0n) is 6.31. The van der Waals surface area contributed by atoms with Gasteiger partial charge in [-0.05, 0) is 11.3 Å². The molecule has 54 valence electrons. The molecule has 0 bridgehead atoms. The molecule has 0 aromatic heterocycles. The lowest BCUT2D eigenvalue weighted by atomic mass is 9.83. The van der Waals surface area contributed by atoms with Crippen LogP contribution in [0, 0.1) is 11.3 Å². The van der Waals surface area contributed by atoms with Gasteiger partial charge in [0.15, 0.2) is 0 Å². The van der Waals surface area contributed by atoms with Gasteiger partial charge in [-0.2, -0.15) is 0 Å². The molecule has 1 heterocycles. The van der Waals surface area contributed by atoms with E-state index in [2.05, 4.69) is 20.8 Å². The van der Waals surface area contributed by atoms with E-state index in [1.165, 1.54) is 11.5 Å². The van der Waals surface area contributed by atoms with E-state index in [-0.39, 0.29) is 0 Å². The molecular formula is C7H14S2. The van der Waals surface area contributed by atoms with Crippen LogP contribution in [0.2, 0.25) is 0 Å². The summed E-state index contributed by atoms with van der Waals surface area (Å²) >= 11 is 0. The first-order chi connectivity index (χ1) is 4.13. The van der Waals surface area contributed by atoms with Crippen molar-refractivity contribution in [2.75, 3.05) is 11.5 Å². The first kappa shape index (κ1) is 7.80. The predicted octanol–water partition coefficient (Wildman–Crippen LogP) is 3.04. The lowest BCUT2D eigenvalue weighted by Gasteiger charge is -2.34. The standard InChI is InChI=1S/C7H14S2/c1-6-4-8-9-5-7(6,2)3/h6H,4-5H2,1-3H3. The Balaban J connectivity index is 2.49. The third-order valence-corrected chi connectivity index (χ3v) is 5.09. The Morgan fingerprint density at radius 1 is 1.33 bits per heavy atom. The fourth-order valence-corrected chi connectivity index (χ4v) is 4.20. The van der Waals surface area contributed by atoms with Gasteiger partial charge in [-0.25, -0.2) is 0 Å². The molecular weight excluding hydrogens is 148 g/mol. The van der Waals surface area contributed by atoms with Crippen LogP contribution in [0.15, 0.2) is 0 Å². The topological polar surface area (TPSA) is 0 Å². The van der Waals surface area contributed by atoms with E-state index >= 15 is 0 Å². The first-order valence-electron chi connectivity index (χ1n) is 3.37. The van der Waals surface area contributed by atoms with E-state index in [0.717, 1.165) is 5.92 Å². The monoisotopic (exact) mass is 162 g/mol. The third-order valence-electron chi connectivity index (χ3n) is 2.17. The van der Waals surface area contributed by atoms with Crippen LogP contribution in [0.5, 0.6) is 0 Å². The summed E-state index contributed by atoms with van der Waals surface area (Å²) in [4.78, 5) is 0. The molecule has 1 atom stereocenters. The highest BCUT2D eigenvalue weighted by Crippen LogP contribution is 2.43. The molecule has 0 aromatic carbocycles. The van der Waals surface area contributed by atoms with Crippen LogP contribution in [0.1, 0.15) is 20.8 Å². The Hall–Kier alpha value is 0.700. The van der Waals surface area contributed by atoms with Gasteiger partial charge < -0.3 is 0 Å². The smallest absolute Gasteiger partial charge is 0.00911 e. The number of rotatable bonds is 0. The molecule has 1 saturated heterocycles. The van der Waals surface area contributed by atoms with Crippen molar-refractivity contribution in [1.82, 2.24) is 0 Å². The quantitative estimate of drug-likeness (QED) is 0.502. The average molecular weight is 162 g/mol. The molecule has 1 aliphatic heterocycles. The lowest BCUT2D eigenvalue weighted by molar-refractivity contribution is 0.295. The minimum Gasteiger partial charge on any atom is -0.0938 e. The van der Waals surface area contributed by atoms with E-state index in [0.29, 0.717) is 5.41 Å². The molecule has 0 N–H and O–H groups in total. The van der Waals surface area contributed by atoms with Gasteiger partial charge in [-0.15, -0.1) is 0 Å². The van der Waals surface area contributed by atoms with Crippen molar-refractivity contribution in [3.05, 3.63) is 0 Å². The van der Waals surface area contributed by atoms with Gasteiger partial charge in [0.25, 0.3) is 0 Å². The predicted molar refractivity (Wildman–Crippen MR) is 47.9 cm³/mol. The second-order valence-electron chi connectivity index (χ2n) is 3.44. The highest BCUT2D eigenvalue weighted by molar-refractivity contribution is 8.76. The van der Waals surface area contributed by atoms with Crippen molar-refractivity contribution in [3.8, 4) is 0 Å². The molecule has 1 unspecified atom stereocenters. The molecule has 1 rings (SSSR count). The Morgan fingerprint density at radius 2 is 2.00 bits per heavy atom. The zero-order chi connectivity index (χ0) is 6.91. The van der Waals surface area contributed by atoms with Gasteiger partial charge >= 0.3 is 0 Å². The van der Waals surface area contributed by atoms with Crippen LogP contribution in [0.25, 0.3) is 0 Å². The summed E-state index contributed by atoms with van der Waals surface area (Å²) in [6, 6.07) is 0. The molecule has 9 heavy (non-hydrogen) atoms. The van der Waals surface area contributed by atoms with Gasteiger partial charge in [0, 0.05) is 11.5 Å². The highest BCUT2D eigenvalue weighted by Gasteiger charge is 2.29. The van der Waals surface area contributed by atoms with E-state index in [9.17, 15) is 0 Å². The van der Waals surface area contributed by atoms with Gasteiger partial charge in [0.05, 0.1) is 0 Å². The van der Waals surface area contributed by atoms with Gasteiger partial charge in [-0.1, -0.05) is 42.4 Å². The van der Waals surface area contributed by atoms with Crippen LogP contribution in [0.4, 0.5) is 0 Å². The average Bonchev–Trinajstić information content (AvgIpc) is 1.77. The van der Waals surface area contributed by atoms with E-state index in [1.807, 2.05) is 21.6 Å².